The average Bonchev–Trinajstić information content (AvgIpc) is 2.81. The van der Waals surface area contributed by atoms with Gasteiger partial charge in [0.15, 0.2) is 0 Å². The lowest BCUT2D eigenvalue weighted by Gasteiger charge is -2.11. The van der Waals surface area contributed by atoms with Crippen LogP contribution >= 0.6 is 23.2 Å². The van der Waals surface area contributed by atoms with E-state index in [1.165, 1.54) is 41.1 Å². The first-order valence-corrected chi connectivity index (χ1v) is 9.88. The van der Waals surface area contributed by atoms with Gasteiger partial charge in [-0.25, -0.2) is 17.5 Å². The van der Waals surface area contributed by atoms with Gasteiger partial charge in [-0.15, -0.1) is 0 Å². The van der Waals surface area contributed by atoms with Crippen LogP contribution in [0.1, 0.15) is 5.69 Å². The van der Waals surface area contributed by atoms with Gasteiger partial charge < -0.3 is 0 Å². The summed E-state index contributed by atoms with van der Waals surface area (Å²) in [6.45, 7) is 1.70. The molecule has 1 heterocycles. The lowest BCUT2D eigenvalue weighted by molar-refractivity contribution is 0.598. The maximum Gasteiger partial charge on any atom is 0.290 e. The lowest BCUT2D eigenvalue weighted by Crippen LogP contribution is -2.20. The molecule has 0 saturated carbocycles. The van der Waals surface area contributed by atoms with Crippen molar-refractivity contribution >= 4 is 38.9 Å². The molecule has 2 aromatic carbocycles. The monoisotopic (exact) mass is 429 g/mol. The summed E-state index contributed by atoms with van der Waals surface area (Å²) in [4.78, 5) is 12.1. The molecule has 0 aliphatic carbocycles. The zero-order valence-corrected chi connectivity index (χ0v) is 16.5. The number of anilines is 1. The highest BCUT2D eigenvalue weighted by Crippen LogP contribution is 2.23. The van der Waals surface area contributed by atoms with Crippen molar-refractivity contribution < 1.29 is 12.8 Å². The molecule has 0 radical (unpaired) electrons. The van der Waals surface area contributed by atoms with E-state index >= 15 is 0 Å². The SMILES string of the molecule is Cc1c(Cl)c(=O)n(-c2ccc(S(=O)(=O)Nc3cc(Cl)ccc3F)cc2)n1C. The average molecular weight is 430 g/mol. The molecule has 3 rings (SSSR count). The minimum absolute atomic E-state index is 0.0901. The predicted octanol–water partition coefficient (Wildman–Crippen LogP) is 3.73. The van der Waals surface area contributed by atoms with Crippen LogP contribution < -0.4 is 10.3 Å². The van der Waals surface area contributed by atoms with Gasteiger partial charge in [0.25, 0.3) is 15.6 Å². The Kier molecular flexibility index (Phi) is 5.07. The highest BCUT2D eigenvalue weighted by molar-refractivity contribution is 7.92. The fraction of sp³-hybridized carbons (Fsp3) is 0.118. The fourth-order valence-corrected chi connectivity index (χ4v) is 3.95. The molecule has 0 fully saturated rings. The summed E-state index contributed by atoms with van der Waals surface area (Å²) in [5.74, 6) is -0.750. The summed E-state index contributed by atoms with van der Waals surface area (Å²) in [6.07, 6.45) is 0. The van der Waals surface area contributed by atoms with Crippen LogP contribution in [0.15, 0.2) is 52.2 Å². The van der Waals surface area contributed by atoms with Gasteiger partial charge in [-0.1, -0.05) is 23.2 Å². The molecule has 1 N–H and O–H groups in total. The van der Waals surface area contributed by atoms with Crippen LogP contribution in [-0.4, -0.2) is 17.8 Å². The molecule has 0 spiro atoms. The molecule has 142 valence electrons. The largest absolute Gasteiger partial charge is 0.290 e. The summed E-state index contributed by atoms with van der Waals surface area (Å²) >= 11 is 11.7. The second-order valence-corrected chi connectivity index (χ2v) is 8.26. The number of nitrogens with one attached hydrogen (secondary N) is 1. The zero-order valence-electron chi connectivity index (χ0n) is 14.2. The van der Waals surface area contributed by atoms with Crippen LogP contribution in [-0.2, 0) is 17.1 Å². The van der Waals surface area contributed by atoms with Gasteiger partial charge in [-0.2, -0.15) is 0 Å². The van der Waals surface area contributed by atoms with E-state index in [2.05, 4.69) is 4.72 Å². The third-order valence-corrected chi connectivity index (χ3v) is 6.10. The Balaban J connectivity index is 1.97. The molecule has 10 heteroatoms. The van der Waals surface area contributed by atoms with Gasteiger partial charge in [0.2, 0.25) is 0 Å². The summed E-state index contributed by atoms with van der Waals surface area (Å²) in [5, 5.41) is 0.284. The quantitative estimate of drug-likeness (QED) is 0.686. The number of aromatic nitrogens is 2. The van der Waals surface area contributed by atoms with Crippen LogP contribution in [0.3, 0.4) is 0 Å². The molecule has 0 atom stereocenters. The first-order chi connectivity index (χ1) is 12.6. The third-order valence-electron chi connectivity index (χ3n) is 4.05. The number of hydrogen-bond donors (Lipinski definition) is 1. The smallest absolute Gasteiger partial charge is 0.284 e. The second kappa shape index (κ2) is 7.03. The van der Waals surface area contributed by atoms with E-state index in [0.717, 1.165) is 6.07 Å². The Morgan fingerprint density at radius 2 is 1.70 bits per heavy atom. The maximum atomic E-state index is 13.8. The molecule has 27 heavy (non-hydrogen) atoms. The van der Waals surface area contributed by atoms with Crippen molar-refractivity contribution in [2.24, 2.45) is 7.05 Å². The summed E-state index contributed by atoms with van der Waals surface area (Å²) in [5.41, 5.74) is 0.348. The highest BCUT2D eigenvalue weighted by atomic mass is 35.5. The zero-order chi connectivity index (χ0) is 19.9. The number of halogens is 3. The molecular formula is C17H14Cl2FN3O3S. The van der Waals surface area contributed by atoms with Crippen molar-refractivity contribution in [3.8, 4) is 5.69 Å². The Labute approximate surface area is 164 Å². The van der Waals surface area contributed by atoms with E-state index in [-0.39, 0.29) is 20.6 Å². The van der Waals surface area contributed by atoms with Crippen LogP contribution in [0.25, 0.3) is 5.69 Å². The molecular weight excluding hydrogens is 416 g/mol. The Hall–Kier alpha value is -2.29. The van der Waals surface area contributed by atoms with Crippen molar-refractivity contribution in [1.82, 2.24) is 9.36 Å². The van der Waals surface area contributed by atoms with Crippen LogP contribution in [0.4, 0.5) is 10.1 Å². The molecule has 0 bridgehead atoms. The van der Waals surface area contributed by atoms with Crippen LogP contribution in [0.2, 0.25) is 10.0 Å². The minimum atomic E-state index is -4.04. The van der Waals surface area contributed by atoms with Crippen LogP contribution in [0.5, 0.6) is 0 Å². The summed E-state index contributed by atoms with van der Waals surface area (Å²) in [6, 6.07) is 9.09. The third kappa shape index (κ3) is 3.60. The van der Waals surface area contributed by atoms with Gasteiger partial charge in [0, 0.05) is 12.1 Å². The van der Waals surface area contributed by atoms with Crippen molar-refractivity contribution in [2.75, 3.05) is 4.72 Å². The van der Waals surface area contributed by atoms with Crippen molar-refractivity contribution in [3.05, 3.63) is 74.4 Å². The van der Waals surface area contributed by atoms with Gasteiger partial charge >= 0.3 is 0 Å². The topological polar surface area (TPSA) is 73.1 Å². The normalized spacial score (nSPS) is 11.6. The molecule has 1 aromatic heterocycles. The van der Waals surface area contributed by atoms with Crippen LogP contribution in [0, 0.1) is 12.7 Å². The molecule has 6 nitrogen and oxygen atoms in total. The molecule has 0 aliphatic heterocycles. The fourth-order valence-electron chi connectivity index (χ4n) is 2.51. The van der Waals surface area contributed by atoms with E-state index in [1.54, 1.807) is 18.7 Å². The van der Waals surface area contributed by atoms with E-state index < -0.39 is 21.4 Å². The number of sulfonamides is 1. The summed E-state index contributed by atoms with van der Waals surface area (Å²) in [7, 11) is -2.38. The molecule has 0 amide bonds. The second-order valence-electron chi connectivity index (χ2n) is 5.76. The van der Waals surface area contributed by atoms with E-state index in [0.29, 0.717) is 11.4 Å². The minimum Gasteiger partial charge on any atom is -0.284 e. The first-order valence-electron chi connectivity index (χ1n) is 7.64. The van der Waals surface area contributed by atoms with Crippen molar-refractivity contribution in [3.63, 3.8) is 0 Å². The van der Waals surface area contributed by atoms with Gasteiger partial charge in [0.1, 0.15) is 10.8 Å². The number of rotatable bonds is 4. The van der Waals surface area contributed by atoms with E-state index in [4.69, 9.17) is 23.2 Å². The van der Waals surface area contributed by atoms with Gasteiger partial charge in [-0.3, -0.25) is 14.2 Å². The maximum absolute atomic E-state index is 13.8. The van der Waals surface area contributed by atoms with Crippen molar-refractivity contribution in [1.29, 1.82) is 0 Å². The lowest BCUT2D eigenvalue weighted by atomic mass is 10.3. The molecule has 0 aliphatic rings. The Morgan fingerprint density at radius 3 is 2.26 bits per heavy atom. The molecule has 3 aromatic rings. The van der Waals surface area contributed by atoms with Gasteiger partial charge in [0.05, 0.1) is 22.0 Å². The standard InChI is InChI=1S/C17H14Cl2FN3O3S/c1-10-16(19)17(24)23(22(10)2)12-4-6-13(7-5-12)27(25,26)21-15-9-11(18)3-8-14(15)20/h3-9,21H,1-2H3. The summed E-state index contributed by atoms with van der Waals surface area (Å²) < 4.78 is 43.8. The Bertz CT molecular complexity index is 1190. The highest BCUT2D eigenvalue weighted by Gasteiger charge is 2.18. The van der Waals surface area contributed by atoms with Crippen molar-refractivity contribution in [2.45, 2.75) is 11.8 Å². The van der Waals surface area contributed by atoms with E-state index in [1.807, 2.05) is 0 Å². The molecule has 0 saturated heterocycles. The number of hydrogen-bond acceptors (Lipinski definition) is 3. The predicted molar refractivity (Wildman–Crippen MR) is 103 cm³/mol. The number of nitrogens with zero attached hydrogens (tertiary/aromatic N) is 2. The number of benzene rings is 2. The Morgan fingerprint density at radius 1 is 1.07 bits per heavy atom. The van der Waals surface area contributed by atoms with Gasteiger partial charge in [-0.05, 0) is 49.4 Å². The first kappa shape index (κ1) is 19.5. The van der Waals surface area contributed by atoms with E-state index in [9.17, 15) is 17.6 Å². The molecule has 0 unspecified atom stereocenters.